The van der Waals surface area contributed by atoms with Crippen molar-refractivity contribution in [3.63, 3.8) is 0 Å². The van der Waals surface area contributed by atoms with Crippen LogP contribution < -0.4 is 5.73 Å². The second-order valence-corrected chi connectivity index (χ2v) is 13.4. The first-order chi connectivity index (χ1) is 5.95. The highest BCUT2D eigenvalue weighted by Crippen LogP contribution is 2.02. The minimum absolute atomic E-state index is 0.0417. The van der Waals surface area contributed by atoms with Gasteiger partial charge >= 0.3 is 0 Å². The molecule has 4 heteroatoms. The van der Waals surface area contributed by atoms with Crippen LogP contribution in [0.2, 0.25) is 12.6 Å². The van der Waals surface area contributed by atoms with Gasteiger partial charge in [-0.25, -0.2) is 0 Å². The third kappa shape index (κ3) is 10.3. The largest absolute Gasteiger partial charge is 0.428 e. The fourth-order valence-corrected chi connectivity index (χ4v) is 5.78. The van der Waals surface area contributed by atoms with E-state index in [0.29, 0.717) is 0 Å². The molecule has 13 heavy (non-hydrogen) atoms. The molecule has 0 aromatic carbocycles. The molecule has 0 saturated carbocycles. The molecule has 1 rings (SSSR count). The van der Waals surface area contributed by atoms with Crippen molar-refractivity contribution in [2.75, 3.05) is 6.61 Å². The molecule has 1 aliphatic heterocycles. The molecule has 1 heterocycles. The molecule has 1 saturated heterocycles. The van der Waals surface area contributed by atoms with Crippen LogP contribution in [0.1, 0.15) is 33.6 Å². The highest BCUT2D eigenvalue weighted by Gasteiger charge is 2.09. The van der Waals surface area contributed by atoms with Gasteiger partial charge in [0.05, 0.1) is 8.31 Å². The van der Waals surface area contributed by atoms with Gasteiger partial charge in [0, 0.05) is 12.1 Å². The molecule has 0 spiro atoms. The molecule has 1 atom stereocenters. The summed E-state index contributed by atoms with van der Waals surface area (Å²) in [6.45, 7) is 9.65. The minimum Gasteiger partial charge on any atom is -0.428 e. The monoisotopic (exact) mass is 219 g/mol. The van der Waals surface area contributed by atoms with Crippen molar-refractivity contribution in [2.45, 2.75) is 51.7 Å². The summed E-state index contributed by atoms with van der Waals surface area (Å²) in [6, 6.07) is 1.56. The second-order valence-electron chi connectivity index (χ2n) is 4.66. The SMILES string of the molecule is CCC(C)(C)N.C[SiH]1CCCO[SiH2]1. The van der Waals surface area contributed by atoms with E-state index < -0.39 is 0 Å². The third-order valence-electron chi connectivity index (χ3n) is 2.30. The lowest BCUT2D eigenvalue weighted by Gasteiger charge is -2.14. The Balaban J connectivity index is 0.000000226. The molecule has 0 aliphatic carbocycles. The molecule has 0 radical (unpaired) electrons. The molecule has 0 aromatic heterocycles. The summed E-state index contributed by atoms with van der Waals surface area (Å²) >= 11 is 0. The van der Waals surface area contributed by atoms with E-state index in [9.17, 15) is 0 Å². The van der Waals surface area contributed by atoms with Crippen LogP contribution in [0.15, 0.2) is 0 Å². The van der Waals surface area contributed by atoms with E-state index in [2.05, 4.69) is 13.5 Å². The fourth-order valence-electron chi connectivity index (χ4n) is 0.902. The van der Waals surface area contributed by atoms with E-state index in [1.807, 2.05) is 13.8 Å². The molecule has 0 aromatic rings. The molecule has 0 amide bonds. The van der Waals surface area contributed by atoms with Crippen molar-refractivity contribution in [3.8, 4) is 0 Å². The molecule has 1 aliphatic rings. The molecule has 2 N–H and O–H groups in total. The van der Waals surface area contributed by atoms with Gasteiger partial charge in [-0.3, -0.25) is 0 Å². The van der Waals surface area contributed by atoms with Gasteiger partial charge in [-0.15, -0.1) is 0 Å². The first-order valence-electron chi connectivity index (χ1n) is 5.32. The maximum Gasteiger partial charge on any atom is 0.147 e. The van der Waals surface area contributed by atoms with Crippen LogP contribution in [0.25, 0.3) is 0 Å². The van der Waals surface area contributed by atoms with Crippen LogP contribution in [0.3, 0.4) is 0 Å². The summed E-state index contributed by atoms with van der Waals surface area (Å²) in [6.07, 6.45) is 2.41. The van der Waals surface area contributed by atoms with Gasteiger partial charge in [-0.2, -0.15) is 0 Å². The molecule has 80 valence electrons. The molecular formula is C9H25NOSi2. The molecule has 1 unspecified atom stereocenters. The minimum atomic E-state index is -0.178. The molecule has 1 fully saturated rings. The van der Waals surface area contributed by atoms with Crippen LogP contribution in [-0.4, -0.2) is 29.7 Å². The summed E-state index contributed by atoms with van der Waals surface area (Å²) in [5.41, 5.74) is 5.58. The predicted octanol–water partition coefficient (Wildman–Crippen LogP) is 0.978. The summed E-state index contributed by atoms with van der Waals surface area (Å²) in [4.78, 5) is 0. The maximum absolute atomic E-state index is 5.53. The first-order valence-corrected chi connectivity index (χ1v) is 11.1. The van der Waals surface area contributed by atoms with Crippen LogP contribution in [0.4, 0.5) is 0 Å². The van der Waals surface area contributed by atoms with Crippen molar-refractivity contribution in [2.24, 2.45) is 5.73 Å². The van der Waals surface area contributed by atoms with E-state index in [-0.39, 0.29) is 23.1 Å². The quantitative estimate of drug-likeness (QED) is 0.667. The van der Waals surface area contributed by atoms with E-state index in [1.165, 1.54) is 6.42 Å². The van der Waals surface area contributed by atoms with E-state index in [1.54, 1.807) is 6.04 Å². The van der Waals surface area contributed by atoms with Gasteiger partial charge < -0.3 is 10.2 Å². The predicted molar refractivity (Wildman–Crippen MR) is 65.5 cm³/mol. The van der Waals surface area contributed by atoms with Crippen LogP contribution in [-0.2, 0) is 4.43 Å². The zero-order valence-electron chi connectivity index (χ0n) is 9.60. The summed E-state index contributed by atoms with van der Waals surface area (Å²) in [5, 5.41) is 0. The lowest BCUT2D eigenvalue weighted by molar-refractivity contribution is 0.335. The number of hydrogen-bond donors (Lipinski definition) is 1. The summed E-state index contributed by atoms with van der Waals surface area (Å²) in [7, 11) is -0.106. The number of hydrogen-bond acceptors (Lipinski definition) is 2. The van der Waals surface area contributed by atoms with Gasteiger partial charge in [0.15, 0.2) is 0 Å². The van der Waals surface area contributed by atoms with Gasteiger partial charge in [-0.05, 0) is 26.7 Å². The molecule has 0 bridgehead atoms. The first kappa shape index (κ1) is 13.4. The summed E-state index contributed by atoms with van der Waals surface area (Å²) < 4.78 is 5.38. The Morgan fingerprint density at radius 2 is 2.08 bits per heavy atom. The zero-order valence-corrected chi connectivity index (χ0v) is 12.2. The Morgan fingerprint density at radius 3 is 2.23 bits per heavy atom. The molecule has 2 nitrogen and oxygen atoms in total. The van der Waals surface area contributed by atoms with Crippen molar-refractivity contribution in [3.05, 3.63) is 0 Å². The zero-order chi connectivity index (χ0) is 10.3. The Labute approximate surface area is 86.6 Å². The Bertz CT molecular complexity index is 119. The Hall–Kier alpha value is 0.354. The van der Waals surface area contributed by atoms with Crippen molar-refractivity contribution < 1.29 is 4.43 Å². The Kier molecular flexibility index (Phi) is 6.94. The van der Waals surface area contributed by atoms with E-state index in [0.717, 1.165) is 13.0 Å². The van der Waals surface area contributed by atoms with Crippen molar-refractivity contribution >= 4 is 17.6 Å². The standard InChI is InChI=1S/C5H13N.C4H12OSi2/c1-4-5(2,3)6;1-7-4-2-3-5-6-7/h4,6H2,1-3H3;7H,2-4,6H2,1H3. The third-order valence-corrected chi connectivity index (χ3v) is 8.43. The summed E-state index contributed by atoms with van der Waals surface area (Å²) in [5.74, 6) is 0. The highest BCUT2D eigenvalue weighted by molar-refractivity contribution is 7.09. The van der Waals surface area contributed by atoms with Gasteiger partial charge in [-0.1, -0.05) is 19.5 Å². The highest BCUT2D eigenvalue weighted by atomic mass is 29.2. The lowest BCUT2D eigenvalue weighted by Crippen LogP contribution is -2.30. The second kappa shape index (κ2) is 6.76. The van der Waals surface area contributed by atoms with Crippen LogP contribution >= 0.6 is 0 Å². The maximum atomic E-state index is 5.53. The lowest BCUT2D eigenvalue weighted by atomic mass is 10.1. The number of rotatable bonds is 1. The van der Waals surface area contributed by atoms with Crippen molar-refractivity contribution in [1.29, 1.82) is 0 Å². The van der Waals surface area contributed by atoms with Crippen molar-refractivity contribution in [1.82, 2.24) is 0 Å². The Morgan fingerprint density at radius 1 is 1.54 bits per heavy atom. The topological polar surface area (TPSA) is 35.2 Å². The van der Waals surface area contributed by atoms with Crippen LogP contribution in [0.5, 0.6) is 0 Å². The van der Waals surface area contributed by atoms with Gasteiger partial charge in [0.2, 0.25) is 0 Å². The van der Waals surface area contributed by atoms with Gasteiger partial charge in [0.25, 0.3) is 0 Å². The normalized spacial score (nSPS) is 25.2. The van der Waals surface area contributed by atoms with E-state index in [4.69, 9.17) is 10.2 Å². The van der Waals surface area contributed by atoms with Crippen LogP contribution in [0, 0.1) is 0 Å². The number of nitrogens with two attached hydrogens (primary N) is 1. The fraction of sp³-hybridized carbons (Fsp3) is 1.00. The van der Waals surface area contributed by atoms with Gasteiger partial charge in [0.1, 0.15) is 9.28 Å². The average Bonchev–Trinajstić information content (AvgIpc) is 2.06. The van der Waals surface area contributed by atoms with E-state index >= 15 is 0 Å². The molecular weight excluding hydrogens is 194 g/mol. The average molecular weight is 219 g/mol. The smallest absolute Gasteiger partial charge is 0.147 e.